The Bertz CT molecular complexity index is 869. The number of benzene rings is 1. The molecule has 1 aliphatic heterocycles. The molecule has 0 bridgehead atoms. The van der Waals surface area contributed by atoms with Gasteiger partial charge in [0.2, 0.25) is 15.9 Å². The summed E-state index contributed by atoms with van der Waals surface area (Å²) in [5.74, 6) is 0.562. The van der Waals surface area contributed by atoms with E-state index in [0.717, 1.165) is 24.6 Å². The largest absolute Gasteiger partial charge is 0.368 e. The van der Waals surface area contributed by atoms with Crippen LogP contribution >= 0.6 is 0 Å². The molecule has 2 N–H and O–H groups in total. The number of amides is 1. The van der Waals surface area contributed by atoms with Crippen molar-refractivity contribution in [2.24, 2.45) is 7.05 Å². The number of nitrogens with zero attached hydrogens (tertiary/aromatic N) is 2. The molecule has 3 rings (SSSR count). The maximum Gasteiger partial charge on any atom is 0.249 e. The normalized spacial score (nSPS) is 18.0. The minimum Gasteiger partial charge on any atom is -0.368 e. The van der Waals surface area contributed by atoms with Crippen LogP contribution in [0.25, 0.3) is 11.0 Å². The van der Waals surface area contributed by atoms with Crippen molar-refractivity contribution in [2.45, 2.75) is 25.5 Å². The molecule has 2 aromatic rings. The van der Waals surface area contributed by atoms with Crippen LogP contribution in [-0.2, 0) is 33.1 Å². The SMILES string of the molecule is Cn1c(CNC(=O)[C@H]2CCCO2)nc2cc(NS(C)(=O)=O)ccc21. The number of sulfonamides is 1. The summed E-state index contributed by atoms with van der Waals surface area (Å²) in [7, 11) is -1.48. The maximum absolute atomic E-state index is 12.0. The van der Waals surface area contributed by atoms with E-state index < -0.39 is 10.0 Å². The van der Waals surface area contributed by atoms with Gasteiger partial charge in [-0.15, -0.1) is 0 Å². The van der Waals surface area contributed by atoms with E-state index in [2.05, 4.69) is 15.0 Å². The van der Waals surface area contributed by atoms with Crippen LogP contribution in [0.3, 0.4) is 0 Å². The lowest BCUT2D eigenvalue weighted by molar-refractivity contribution is -0.130. The van der Waals surface area contributed by atoms with Crippen LogP contribution in [-0.4, -0.2) is 42.8 Å². The van der Waals surface area contributed by atoms with Crippen LogP contribution in [0.15, 0.2) is 18.2 Å². The van der Waals surface area contributed by atoms with Crippen molar-refractivity contribution in [3.05, 3.63) is 24.0 Å². The second kappa shape index (κ2) is 6.40. The van der Waals surface area contributed by atoms with E-state index in [-0.39, 0.29) is 12.0 Å². The Morgan fingerprint density at radius 1 is 1.46 bits per heavy atom. The van der Waals surface area contributed by atoms with Crippen molar-refractivity contribution in [3.63, 3.8) is 0 Å². The zero-order valence-corrected chi connectivity index (χ0v) is 14.4. The molecule has 1 atom stereocenters. The summed E-state index contributed by atoms with van der Waals surface area (Å²) in [5.41, 5.74) is 1.97. The monoisotopic (exact) mass is 352 g/mol. The predicted octanol–water partition coefficient (Wildman–Crippen LogP) is 0.740. The lowest BCUT2D eigenvalue weighted by atomic mass is 10.2. The first-order valence-electron chi connectivity index (χ1n) is 7.66. The van der Waals surface area contributed by atoms with E-state index in [1.807, 2.05) is 11.6 Å². The predicted molar refractivity (Wildman–Crippen MR) is 90.0 cm³/mol. The van der Waals surface area contributed by atoms with Crippen LogP contribution in [0, 0.1) is 0 Å². The van der Waals surface area contributed by atoms with Crippen molar-refractivity contribution in [3.8, 4) is 0 Å². The zero-order chi connectivity index (χ0) is 17.3. The van der Waals surface area contributed by atoms with Gasteiger partial charge in [0.05, 0.1) is 29.5 Å². The van der Waals surface area contributed by atoms with Gasteiger partial charge in [0.1, 0.15) is 11.9 Å². The zero-order valence-electron chi connectivity index (χ0n) is 13.6. The van der Waals surface area contributed by atoms with Gasteiger partial charge in [-0.25, -0.2) is 13.4 Å². The second-order valence-corrected chi connectivity index (χ2v) is 7.63. The summed E-state index contributed by atoms with van der Waals surface area (Å²) in [6.07, 6.45) is 2.38. The topological polar surface area (TPSA) is 102 Å². The molecule has 24 heavy (non-hydrogen) atoms. The van der Waals surface area contributed by atoms with Gasteiger partial charge in [-0.3, -0.25) is 9.52 Å². The lowest BCUT2D eigenvalue weighted by Gasteiger charge is -2.10. The van der Waals surface area contributed by atoms with Crippen LogP contribution < -0.4 is 10.0 Å². The number of hydrogen-bond acceptors (Lipinski definition) is 5. The number of rotatable bonds is 5. The number of ether oxygens (including phenoxy) is 1. The molecular formula is C15H20N4O4S. The molecule has 2 heterocycles. The Balaban J connectivity index is 1.76. The van der Waals surface area contributed by atoms with E-state index in [1.54, 1.807) is 18.2 Å². The van der Waals surface area contributed by atoms with Gasteiger partial charge in [-0.05, 0) is 31.0 Å². The highest BCUT2D eigenvalue weighted by Crippen LogP contribution is 2.20. The molecule has 1 amide bonds. The number of fused-ring (bicyclic) bond motifs is 1. The molecule has 8 nitrogen and oxygen atoms in total. The highest BCUT2D eigenvalue weighted by atomic mass is 32.2. The number of aromatic nitrogens is 2. The highest BCUT2D eigenvalue weighted by molar-refractivity contribution is 7.92. The van der Waals surface area contributed by atoms with Crippen molar-refractivity contribution in [1.82, 2.24) is 14.9 Å². The molecule has 1 aliphatic rings. The number of anilines is 1. The molecule has 0 spiro atoms. The summed E-state index contributed by atoms with van der Waals surface area (Å²) in [6.45, 7) is 0.916. The first-order chi connectivity index (χ1) is 11.3. The first-order valence-corrected chi connectivity index (χ1v) is 9.55. The van der Waals surface area contributed by atoms with Crippen LogP contribution in [0.2, 0.25) is 0 Å². The number of aryl methyl sites for hydroxylation is 1. The van der Waals surface area contributed by atoms with Crippen molar-refractivity contribution < 1.29 is 17.9 Å². The third kappa shape index (κ3) is 3.68. The number of imidazole rings is 1. The van der Waals surface area contributed by atoms with Crippen LogP contribution in [0.1, 0.15) is 18.7 Å². The number of carbonyl (C=O) groups excluding carboxylic acids is 1. The average Bonchev–Trinajstić information content (AvgIpc) is 3.12. The molecule has 9 heteroatoms. The lowest BCUT2D eigenvalue weighted by Crippen LogP contribution is -2.34. The van der Waals surface area contributed by atoms with E-state index in [1.165, 1.54) is 0 Å². The fraction of sp³-hybridized carbons (Fsp3) is 0.467. The third-order valence-corrected chi connectivity index (χ3v) is 4.53. The van der Waals surface area contributed by atoms with Gasteiger partial charge in [0, 0.05) is 13.7 Å². The van der Waals surface area contributed by atoms with Gasteiger partial charge >= 0.3 is 0 Å². The summed E-state index contributed by atoms with van der Waals surface area (Å²) >= 11 is 0. The molecule has 1 aromatic carbocycles. The van der Waals surface area contributed by atoms with Gasteiger partial charge in [0.25, 0.3) is 0 Å². The Labute approximate surface area is 140 Å². The minimum absolute atomic E-state index is 0.126. The van der Waals surface area contributed by atoms with Gasteiger partial charge in [0.15, 0.2) is 0 Å². The standard InChI is InChI=1S/C15H20N4O4S/c1-19-12-6-5-10(18-24(2,21)22)8-11(12)17-14(19)9-16-15(20)13-4-3-7-23-13/h5-6,8,13,18H,3-4,7,9H2,1-2H3,(H,16,20)/t13-/m1/s1. The first kappa shape index (κ1) is 16.7. The molecule has 130 valence electrons. The summed E-state index contributed by atoms with van der Waals surface area (Å²) in [5, 5.41) is 2.84. The molecule has 1 aromatic heterocycles. The molecule has 0 radical (unpaired) electrons. The molecular weight excluding hydrogens is 332 g/mol. The maximum atomic E-state index is 12.0. The summed E-state index contributed by atoms with van der Waals surface area (Å²) < 4.78 is 32.3. The van der Waals surface area contributed by atoms with Crippen molar-refractivity contribution in [2.75, 3.05) is 17.6 Å². The molecule has 0 aliphatic carbocycles. The number of nitrogens with one attached hydrogen (secondary N) is 2. The van der Waals surface area contributed by atoms with Gasteiger partial charge < -0.3 is 14.6 Å². The molecule has 1 fully saturated rings. The van der Waals surface area contributed by atoms with E-state index >= 15 is 0 Å². The van der Waals surface area contributed by atoms with Gasteiger partial charge in [-0.1, -0.05) is 0 Å². The minimum atomic E-state index is -3.34. The van der Waals surface area contributed by atoms with Crippen molar-refractivity contribution in [1.29, 1.82) is 0 Å². The average molecular weight is 352 g/mol. The van der Waals surface area contributed by atoms with Crippen LogP contribution in [0.4, 0.5) is 5.69 Å². The van der Waals surface area contributed by atoms with E-state index in [9.17, 15) is 13.2 Å². The highest BCUT2D eigenvalue weighted by Gasteiger charge is 2.23. The van der Waals surface area contributed by atoms with E-state index in [0.29, 0.717) is 30.2 Å². The number of carbonyl (C=O) groups is 1. The summed E-state index contributed by atoms with van der Waals surface area (Å²) in [6, 6.07) is 5.14. The Morgan fingerprint density at radius 3 is 2.92 bits per heavy atom. The quantitative estimate of drug-likeness (QED) is 0.826. The van der Waals surface area contributed by atoms with Gasteiger partial charge in [-0.2, -0.15) is 0 Å². The third-order valence-electron chi connectivity index (χ3n) is 3.92. The molecule has 1 saturated heterocycles. The Hall–Kier alpha value is -2.13. The van der Waals surface area contributed by atoms with E-state index in [4.69, 9.17) is 4.74 Å². The molecule has 0 unspecified atom stereocenters. The Kier molecular flexibility index (Phi) is 4.46. The fourth-order valence-electron chi connectivity index (χ4n) is 2.75. The summed E-state index contributed by atoms with van der Waals surface area (Å²) in [4.78, 5) is 16.5. The Morgan fingerprint density at radius 2 is 2.25 bits per heavy atom. The van der Waals surface area contributed by atoms with Crippen molar-refractivity contribution >= 4 is 32.7 Å². The number of hydrogen-bond donors (Lipinski definition) is 2. The smallest absolute Gasteiger partial charge is 0.249 e. The fourth-order valence-corrected chi connectivity index (χ4v) is 3.30. The second-order valence-electron chi connectivity index (χ2n) is 5.88. The van der Waals surface area contributed by atoms with Crippen LogP contribution in [0.5, 0.6) is 0 Å². The molecule has 0 saturated carbocycles.